The lowest BCUT2D eigenvalue weighted by molar-refractivity contribution is 0.1000. The van der Waals surface area contributed by atoms with Crippen molar-refractivity contribution < 1.29 is 4.79 Å². The number of primary amides is 1. The largest absolute Gasteiger partial charge is 0.399 e. The van der Waals surface area contributed by atoms with Gasteiger partial charge in [-0.3, -0.25) is 4.79 Å². The minimum atomic E-state index is -0.455. The van der Waals surface area contributed by atoms with Crippen LogP contribution in [0.3, 0.4) is 0 Å². The van der Waals surface area contributed by atoms with Crippen LogP contribution in [-0.4, -0.2) is 13.0 Å². The van der Waals surface area contributed by atoms with Crippen molar-refractivity contribution in [3.05, 3.63) is 58.1 Å². The van der Waals surface area contributed by atoms with E-state index in [2.05, 4.69) is 22.9 Å². The predicted octanol–water partition coefficient (Wildman–Crippen LogP) is 3.33. The second-order valence-corrected chi connectivity index (χ2v) is 5.81. The number of carbonyl (C=O) groups excluding carboxylic acids is 1. The first-order chi connectivity index (χ1) is 9.91. The standard InChI is InChI=1S/C16H18BrN3O/c1-10(11-5-3-6-12(18)9-11)20(2)14-8-4-7-13(17)15(14)16(19)21/h3-10H,18H2,1-2H3,(H2,19,21). The van der Waals surface area contributed by atoms with Crippen molar-refractivity contribution in [1.82, 2.24) is 0 Å². The van der Waals surface area contributed by atoms with E-state index >= 15 is 0 Å². The summed E-state index contributed by atoms with van der Waals surface area (Å²) in [6.45, 7) is 2.06. The molecule has 0 saturated heterocycles. The Morgan fingerprint density at radius 3 is 2.52 bits per heavy atom. The Balaban J connectivity index is 2.43. The van der Waals surface area contributed by atoms with Crippen LogP contribution in [-0.2, 0) is 0 Å². The zero-order valence-electron chi connectivity index (χ0n) is 12.0. The summed E-state index contributed by atoms with van der Waals surface area (Å²) in [5, 5.41) is 0. The summed E-state index contributed by atoms with van der Waals surface area (Å²) in [7, 11) is 1.93. The van der Waals surface area contributed by atoms with Crippen LogP contribution >= 0.6 is 15.9 Å². The smallest absolute Gasteiger partial charge is 0.251 e. The Bertz CT molecular complexity index is 672. The van der Waals surface area contributed by atoms with E-state index in [9.17, 15) is 4.79 Å². The minimum absolute atomic E-state index is 0.0564. The van der Waals surface area contributed by atoms with Gasteiger partial charge in [-0.15, -0.1) is 0 Å². The fourth-order valence-corrected chi connectivity index (χ4v) is 2.85. The SMILES string of the molecule is CC(c1cccc(N)c1)N(C)c1cccc(Br)c1C(N)=O. The van der Waals surface area contributed by atoms with Crippen LogP contribution in [0.2, 0.25) is 0 Å². The number of nitrogen functional groups attached to an aromatic ring is 1. The Labute approximate surface area is 132 Å². The Morgan fingerprint density at radius 2 is 1.90 bits per heavy atom. The molecule has 1 atom stereocenters. The first-order valence-corrected chi connectivity index (χ1v) is 7.37. The second kappa shape index (κ2) is 6.18. The third kappa shape index (κ3) is 3.19. The number of halogens is 1. The molecule has 110 valence electrons. The predicted molar refractivity (Wildman–Crippen MR) is 90.3 cm³/mol. The number of nitrogens with two attached hydrogens (primary N) is 2. The molecule has 0 fully saturated rings. The van der Waals surface area contributed by atoms with Crippen molar-refractivity contribution in [2.75, 3.05) is 17.7 Å². The Morgan fingerprint density at radius 1 is 1.24 bits per heavy atom. The average Bonchev–Trinajstić information content (AvgIpc) is 2.45. The molecule has 2 aromatic carbocycles. The highest BCUT2D eigenvalue weighted by atomic mass is 79.9. The summed E-state index contributed by atoms with van der Waals surface area (Å²) in [5.74, 6) is -0.455. The van der Waals surface area contributed by atoms with Gasteiger partial charge in [-0.05, 0) is 52.7 Å². The van der Waals surface area contributed by atoms with Crippen LogP contribution in [0, 0.1) is 0 Å². The molecule has 2 aromatic rings. The van der Waals surface area contributed by atoms with E-state index in [1.165, 1.54) is 0 Å². The van der Waals surface area contributed by atoms with Gasteiger partial charge in [0.05, 0.1) is 17.3 Å². The summed E-state index contributed by atoms with van der Waals surface area (Å²) in [5.41, 5.74) is 14.4. The quantitative estimate of drug-likeness (QED) is 0.833. The first-order valence-electron chi connectivity index (χ1n) is 6.58. The summed E-state index contributed by atoms with van der Waals surface area (Å²) in [6, 6.07) is 13.4. The van der Waals surface area contributed by atoms with E-state index in [4.69, 9.17) is 11.5 Å². The number of nitrogens with zero attached hydrogens (tertiary/aromatic N) is 1. The van der Waals surface area contributed by atoms with Gasteiger partial charge in [0, 0.05) is 17.2 Å². The summed E-state index contributed by atoms with van der Waals surface area (Å²) < 4.78 is 0.694. The van der Waals surface area contributed by atoms with Crippen LogP contribution in [0.4, 0.5) is 11.4 Å². The molecule has 0 bridgehead atoms. The molecule has 0 aliphatic heterocycles. The number of carbonyl (C=O) groups is 1. The molecule has 0 aliphatic carbocycles. The van der Waals surface area contributed by atoms with Crippen molar-refractivity contribution in [3.8, 4) is 0 Å². The molecule has 1 amide bonds. The monoisotopic (exact) mass is 347 g/mol. The molecule has 0 saturated carbocycles. The molecule has 4 N–H and O–H groups in total. The van der Waals surface area contributed by atoms with E-state index in [0.29, 0.717) is 10.0 Å². The third-order valence-electron chi connectivity index (χ3n) is 3.59. The fourth-order valence-electron chi connectivity index (χ4n) is 2.30. The molecule has 5 heteroatoms. The van der Waals surface area contributed by atoms with Crippen LogP contribution in [0.15, 0.2) is 46.9 Å². The molecule has 1 unspecified atom stereocenters. The number of rotatable bonds is 4. The molecule has 0 radical (unpaired) electrons. The summed E-state index contributed by atoms with van der Waals surface area (Å²) in [6.07, 6.45) is 0. The number of hydrogen-bond acceptors (Lipinski definition) is 3. The zero-order valence-corrected chi connectivity index (χ0v) is 13.6. The van der Waals surface area contributed by atoms with Crippen LogP contribution < -0.4 is 16.4 Å². The molecular weight excluding hydrogens is 330 g/mol. The maximum absolute atomic E-state index is 11.7. The van der Waals surface area contributed by atoms with E-state index in [-0.39, 0.29) is 6.04 Å². The average molecular weight is 348 g/mol. The number of benzene rings is 2. The fraction of sp³-hybridized carbons (Fsp3) is 0.188. The topological polar surface area (TPSA) is 72.3 Å². The highest BCUT2D eigenvalue weighted by Crippen LogP contribution is 2.32. The number of hydrogen-bond donors (Lipinski definition) is 2. The Kier molecular flexibility index (Phi) is 4.53. The Hall–Kier alpha value is -2.01. The first kappa shape index (κ1) is 15.4. The summed E-state index contributed by atoms with van der Waals surface area (Å²) in [4.78, 5) is 13.7. The van der Waals surface area contributed by atoms with Crippen molar-refractivity contribution >= 4 is 33.2 Å². The van der Waals surface area contributed by atoms with Crippen LogP contribution in [0.5, 0.6) is 0 Å². The maximum atomic E-state index is 11.7. The molecule has 2 rings (SSSR count). The lowest BCUT2D eigenvalue weighted by Crippen LogP contribution is -2.25. The number of anilines is 2. The van der Waals surface area contributed by atoms with Gasteiger partial charge in [0.25, 0.3) is 5.91 Å². The molecular formula is C16H18BrN3O. The lowest BCUT2D eigenvalue weighted by atomic mass is 10.0. The van der Waals surface area contributed by atoms with Crippen molar-refractivity contribution in [2.24, 2.45) is 5.73 Å². The van der Waals surface area contributed by atoms with Gasteiger partial charge in [0.1, 0.15) is 0 Å². The third-order valence-corrected chi connectivity index (χ3v) is 4.25. The van der Waals surface area contributed by atoms with Gasteiger partial charge in [-0.1, -0.05) is 18.2 Å². The van der Waals surface area contributed by atoms with E-state index < -0.39 is 5.91 Å². The van der Waals surface area contributed by atoms with E-state index in [1.807, 2.05) is 54.4 Å². The number of amides is 1. The van der Waals surface area contributed by atoms with Gasteiger partial charge in [0.15, 0.2) is 0 Å². The van der Waals surface area contributed by atoms with Crippen molar-refractivity contribution in [3.63, 3.8) is 0 Å². The highest BCUT2D eigenvalue weighted by molar-refractivity contribution is 9.10. The molecule has 21 heavy (non-hydrogen) atoms. The molecule has 4 nitrogen and oxygen atoms in total. The molecule has 0 spiro atoms. The van der Waals surface area contributed by atoms with Gasteiger partial charge < -0.3 is 16.4 Å². The molecule has 0 aromatic heterocycles. The second-order valence-electron chi connectivity index (χ2n) is 4.96. The summed E-state index contributed by atoms with van der Waals surface area (Å²) >= 11 is 3.39. The molecule has 0 heterocycles. The van der Waals surface area contributed by atoms with E-state index in [0.717, 1.165) is 16.9 Å². The van der Waals surface area contributed by atoms with Crippen LogP contribution in [0.1, 0.15) is 28.9 Å². The lowest BCUT2D eigenvalue weighted by Gasteiger charge is -2.29. The maximum Gasteiger partial charge on any atom is 0.251 e. The van der Waals surface area contributed by atoms with Crippen molar-refractivity contribution in [2.45, 2.75) is 13.0 Å². The van der Waals surface area contributed by atoms with Gasteiger partial charge in [0.2, 0.25) is 0 Å². The van der Waals surface area contributed by atoms with Crippen molar-refractivity contribution in [1.29, 1.82) is 0 Å². The van der Waals surface area contributed by atoms with E-state index in [1.54, 1.807) is 0 Å². The molecule has 0 aliphatic rings. The van der Waals surface area contributed by atoms with Gasteiger partial charge >= 0.3 is 0 Å². The highest BCUT2D eigenvalue weighted by Gasteiger charge is 2.19. The van der Waals surface area contributed by atoms with Gasteiger partial charge in [-0.2, -0.15) is 0 Å². The zero-order chi connectivity index (χ0) is 15.6. The van der Waals surface area contributed by atoms with Gasteiger partial charge in [-0.25, -0.2) is 0 Å². The normalized spacial score (nSPS) is 12.0. The minimum Gasteiger partial charge on any atom is -0.399 e. The van der Waals surface area contributed by atoms with Crippen LogP contribution in [0.25, 0.3) is 0 Å².